The van der Waals surface area contributed by atoms with Gasteiger partial charge in [0.05, 0.1) is 0 Å². The quantitative estimate of drug-likeness (QED) is 0.636. The lowest BCUT2D eigenvalue weighted by molar-refractivity contribution is 0.0795. The maximum absolute atomic E-state index is 11.7. The largest absolute Gasteiger partial charge is 0.504 e. The number of halogens is 1. The highest BCUT2D eigenvalue weighted by molar-refractivity contribution is 14.1. The van der Waals surface area contributed by atoms with E-state index in [1.807, 2.05) is 20.8 Å². The Balaban J connectivity index is 3.71. The summed E-state index contributed by atoms with van der Waals surface area (Å²) < 4.78 is 4.65. The summed E-state index contributed by atoms with van der Waals surface area (Å²) in [5.74, 6) is -1.21. The number of carbonyl (C=O) groups is 1. The fourth-order valence-corrected chi connectivity index (χ4v) is 2.56. The van der Waals surface area contributed by atoms with Crippen molar-refractivity contribution in [3.8, 4) is 11.5 Å². The lowest BCUT2D eigenvalue weighted by atomic mass is 9.89. The normalized spacial score (nSPS) is 10.4. The molecule has 0 amide bonds. The van der Waals surface area contributed by atoms with E-state index in [4.69, 9.17) is 0 Å². The van der Waals surface area contributed by atoms with Crippen molar-refractivity contribution in [1.82, 2.24) is 0 Å². The summed E-state index contributed by atoms with van der Waals surface area (Å²) in [7, 11) is 0. The van der Waals surface area contributed by atoms with Gasteiger partial charge in [-0.3, -0.25) is 0 Å². The molecule has 0 aliphatic rings. The van der Waals surface area contributed by atoms with Gasteiger partial charge in [0.15, 0.2) is 34.5 Å². The molecule has 0 unspecified atom stereocenters. The van der Waals surface area contributed by atoms with Crippen LogP contribution in [0.1, 0.15) is 47.8 Å². The van der Waals surface area contributed by atoms with Crippen molar-refractivity contribution >= 4 is 29.0 Å². The zero-order valence-corrected chi connectivity index (χ0v) is 12.9. The first-order valence-corrected chi connectivity index (χ1v) is 6.82. The minimum Gasteiger partial charge on any atom is -0.504 e. The summed E-state index contributed by atoms with van der Waals surface area (Å²) in [5.41, 5.74) is 2.47. The van der Waals surface area contributed by atoms with E-state index in [9.17, 15) is 15.0 Å². The third-order valence-electron chi connectivity index (χ3n) is 3.11. The van der Waals surface area contributed by atoms with Crippen LogP contribution >= 0.6 is 23.0 Å². The van der Waals surface area contributed by atoms with Gasteiger partial charge in [0.2, 0.25) is 0 Å². The number of phenolic OH excluding ortho intramolecular Hbond substituents is 2. The number of rotatable bonds is 4. The monoisotopic (exact) mass is 364 g/mol. The summed E-state index contributed by atoms with van der Waals surface area (Å²) in [6.07, 6.45) is 1.90. The molecule has 0 atom stereocenters. The SMILES string of the molecule is CCc1c(O)c(O)c(C(=O)OI)c(CC)c1CC. The molecular weight excluding hydrogens is 347 g/mol. The molecule has 0 radical (unpaired) electrons. The van der Waals surface area contributed by atoms with Crippen molar-refractivity contribution in [2.75, 3.05) is 0 Å². The number of aromatic hydroxyl groups is 2. The van der Waals surface area contributed by atoms with Crippen LogP contribution in [0.5, 0.6) is 11.5 Å². The van der Waals surface area contributed by atoms with Gasteiger partial charge in [0.1, 0.15) is 5.56 Å². The number of hydrogen-bond donors (Lipinski definition) is 2. The molecule has 0 aliphatic carbocycles. The first-order valence-electron chi connectivity index (χ1n) is 5.94. The fourth-order valence-electron chi connectivity index (χ4n) is 2.34. The fraction of sp³-hybridized carbons (Fsp3) is 0.462. The second-order valence-corrected chi connectivity index (χ2v) is 4.37. The van der Waals surface area contributed by atoms with Crippen LogP contribution in [0.2, 0.25) is 0 Å². The van der Waals surface area contributed by atoms with Crippen LogP contribution in [0.15, 0.2) is 0 Å². The van der Waals surface area contributed by atoms with Crippen molar-refractivity contribution in [1.29, 1.82) is 0 Å². The van der Waals surface area contributed by atoms with Crippen LogP contribution in [-0.2, 0) is 22.3 Å². The molecule has 0 aromatic heterocycles. The van der Waals surface area contributed by atoms with Gasteiger partial charge in [0.25, 0.3) is 0 Å². The highest BCUT2D eigenvalue weighted by Crippen LogP contribution is 2.40. The van der Waals surface area contributed by atoms with Gasteiger partial charge in [-0.25, -0.2) is 4.79 Å². The number of hydrogen-bond acceptors (Lipinski definition) is 4. The highest BCUT2D eigenvalue weighted by atomic mass is 127. The minimum absolute atomic E-state index is 0.0819. The molecule has 5 heteroatoms. The summed E-state index contributed by atoms with van der Waals surface area (Å²) in [6.45, 7) is 5.78. The molecule has 100 valence electrons. The van der Waals surface area contributed by atoms with Gasteiger partial charge >= 0.3 is 5.97 Å². The number of carbonyl (C=O) groups excluding carboxylic acids is 1. The smallest absolute Gasteiger partial charge is 0.351 e. The predicted molar refractivity (Wildman–Crippen MR) is 77.3 cm³/mol. The molecule has 0 spiro atoms. The van der Waals surface area contributed by atoms with E-state index in [0.717, 1.165) is 11.1 Å². The molecule has 2 N–H and O–H groups in total. The Kier molecular flexibility index (Phi) is 5.25. The van der Waals surface area contributed by atoms with E-state index in [0.29, 0.717) is 24.8 Å². The van der Waals surface area contributed by atoms with Crippen LogP contribution in [-0.4, -0.2) is 16.2 Å². The van der Waals surface area contributed by atoms with Crippen molar-refractivity contribution in [2.45, 2.75) is 40.0 Å². The summed E-state index contributed by atoms with van der Waals surface area (Å²) in [5, 5.41) is 20.0. The Hall–Kier alpha value is -0.980. The Morgan fingerprint density at radius 3 is 1.89 bits per heavy atom. The van der Waals surface area contributed by atoms with Gasteiger partial charge in [-0.1, -0.05) is 20.8 Å². The maximum Gasteiger partial charge on any atom is 0.351 e. The van der Waals surface area contributed by atoms with E-state index in [2.05, 4.69) is 3.07 Å². The topological polar surface area (TPSA) is 66.8 Å². The Morgan fingerprint density at radius 1 is 1.00 bits per heavy atom. The summed E-state index contributed by atoms with van der Waals surface area (Å²) in [6, 6.07) is 0. The van der Waals surface area contributed by atoms with Gasteiger partial charge in [-0.2, -0.15) is 0 Å². The third kappa shape index (κ3) is 2.41. The van der Waals surface area contributed by atoms with Gasteiger partial charge in [-0.15, -0.1) is 0 Å². The van der Waals surface area contributed by atoms with E-state index >= 15 is 0 Å². The maximum atomic E-state index is 11.7. The minimum atomic E-state index is -0.627. The average molecular weight is 364 g/mol. The molecule has 0 saturated carbocycles. The molecule has 1 rings (SSSR count). The molecule has 1 aromatic rings. The summed E-state index contributed by atoms with van der Waals surface area (Å²) in [4.78, 5) is 11.7. The van der Waals surface area contributed by atoms with Gasteiger partial charge < -0.3 is 13.3 Å². The standard InChI is InChI=1S/C13H17IO4/c1-4-7-8(5-2)10(13(17)18-14)12(16)11(15)9(7)6-3/h15-16H,4-6H2,1-3H3. The van der Waals surface area contributed by atoms with Crippen molar-refractivity contribution in [2.24, 2.45) is 0 Å². The van der Waals surface area contributed by atoms with Crippen LogP contribution in [0.3, 0.4) is 0 Å². The second-order valence-electron chi connectivity index (χ2n) is 3.93. The third-order valence-corrected chi connectivity index (χ3v) is 3.51. The molecule has 1 aromatic carbocycles. The van der Waals surface area contributed by atoms with Crippen LogP contribution in [0.25, 0.3) is 0 Å². The van der Waals surface area contributed by atoms with Gasteiger partial charge in [-0.05, 0) is 30.4 Å². The molecule has 0 bridgehead atoms. The van der Waals surface area contributed by atoms with Crippen LogP contribution < -0.4 is 0 Å². The van der Waals surface area contributed by atoms with E-state index in [1.165, 1.54) is 23.0 Å². The average Bonchev–Trinajstić information content (AvgIpc) is 2.39. The van der Waals surface area contributed by atoms with Crippen LogP contribution in [0, 0.1) is 0 Å². The molecule has 18 heavy (non-hydrogen) atoms. The lowest BCUT2D eigenvalue weighted by Gasteiger charge is -2.18. The predicted octanol–water partition coefficient (Wildman–Crippen LogP) is 3.29. The van der Waals surface area contributed by atoms with E-state index in [1.54, 1.807) is 0 Å². The first kappa shape index (κ1) is 15.1. The molecule has 0 heterocycles. The number of benzene rings is 1. The Labute approximate surface area is 121 Å². The Morgan fingerprint density at radius 2 is 1.50 bits per heavy atom. The molecule has 0 saturated heterocycles. The van der Waals surface area contributed by atoms with Crippen molar-refractivity contribution in [3.05, 3.63) is 22.3 Å². The zero-order valence-electron chi connectivity index (χ0n) is 10.7. The zero-order chi connectivity index (χ0) is 13.9. The van der Waals surface area contributed by atoms with E-state index in [-0.39, 0.29) is 17.1 Å². The molecule has 0 aliphatic heterocycles. The van der Waals surface area contributed by atoms with Crippen molar-refractivity contribution in [3.63, 3.8) is 0 Å². The highest BCUT2D eigenvalue weighted by Gasteiger charge is 2.25. The lowest BCUT2D eigenvalue weighted by Crippen LogP contribution is -2.09. The van der Waals surface area contributed by atoms with Crippen molar-refractivity contribution < 1.29 is 18.1 Å². The first-order chi connectivity index (χ1) is 8.53. The molecule has 4 nitrogen and oxygen atoms in total. The summed E-state index contributed by atoms with van der Waals surface area (Å²) >= 11 is 1.48. The number of phenols is 2. The van der Waals surface area contributed by atoms with Gasteiger partial charge in [0, 0.05) is 5.56 Å². The Bertz CT molecular complexity index is 469. The molecular formula is C13H17IO4. The van der Waals surface area contributed by atoms with E-state index < -0.39 is 5.97 Å². The second kappa shape index (κ2) is 6.26. The molecule has 0 fully saturated rings. The van der Waals surface area contributed by atoms with Crippen LogP contribution in [0.4, 0.5) is 0 Å².